The maximum atomic E-state index is 14.2. The molecular weight excluding hydrogens is 292 g/mol. The molecule has 4 heteroatoms. The Hall–Kier alpha value is -1.45. The maximum Gasteiger partial charge on any atom is 0.131 e. The predicted molar refractivity (Wildman–Crippen MR) is 82.7 cm³/mol. The van der Waals surface area contributed by atoms with Crippen LogP contribution in [0.25, 0.3) is 0 Å². The molecule has 0 aromatic heterocycles. The highest BCUT2D eigenvalue weighted by molar-refractivity contribution is 6.30. The Balaban J connectivity index is 2.50. The van der Waals surface area contributed by atoms with Gasteiger partial charge in [-0.25, -0.2) is 8.78 Å². The third kappa shape index (κ3) is 3.80. The van der Waals surface area contributed by atoms with Gasteiger partial charge in [-0.05, 0) is 50.1 Å². The van der Waals surface area contributed by atoms with Gasteiger partial charge in [0.15, 0.2) is 0 Å². The average molecular weight is 310 g/mol. The Kier molecular flexibility index (Phi) is 4.96. The van der Waals surface area contributed by atoms with Crippen LogP contribution in [0.1, 0.15) is 36.6 Å². The van der Waals surface area contributed by atoms with Crippen LogP contribution in [0, 0.1) is 18.6 Å². The monoisotopic (exact) mass is 309 g/mol. The third-order valence-electron chi connectivity index (χ3n) is 3.29. The predicted octanol–water partition coefficient (Wildman–Crippen LogP) is 5.01. The van der Waals surface area contributed by atoms with Crippen LogP contribution in [-0.4, -0.2) is 6.04 Å². The standard InChI is InChI=1S/C17H18ClF2N/c1-10(2)21-17(12-4-6-13(18)7-5-12)14-8-11(3)15(19)9-16(14)20/h4-10,17,21H,1-3H3. The van der Waals surface area contributed by atoms with Crippen molar-refractivity contribution < 1.29 is 8.78 Å². The summed E-state index contributed by atoms with van der Waals surface area (Å²) in [5, 5.41) is 3.94. The van der Waals surface area contributed by atoms with Crippen molar-refractivity contribution in [2.45, 2.75) is 32.9 Å². The quantitative estimate of drug-likeness (QED) is 0.836. The molecule has 1 atom stereocenters. The van der Waals surface area contributed by atoms with E-state index in [2.05, 4.69) is 5.32 Å². The van der Waals surface area contributed by atoms with Crippen molar-refractivity contribution in [3.8, 4) is 0 Å². The van der Waals surface area contributed by atoms with Gasteiger partial charge < -0.3 is 5.32 Å². The molecule has 2 aromatic carbocycles. The Morgan fingerprint density at radius 3 is 2.19 bits per heavy atom. The first-order chi connectivity index (χ1) is 9.88. The molecule has 1 unspecified atom stereocenters. The van der Waals surface area contributed by atoms with Crippen molar-refractivity contribution >= 4 is 11.6 Å². The molecule has 0 spiro atoms. The Bertz CT molecular complexity index is 623. The zero-order chi connectivity index (χ0) is 15.6. The second-order valence-electron chi connectivity index (χ2n) is 5.43. The van der Waals surface area contributed by atoms with Crippen molar-refractivity contribution in [3.63, 3.8) is 0 Å². The van der Waals surface area contributed by atoms with Gasteiger partial charge in [-0.1, -0.05) is 23.7 Å². The highest BCUT2D eigenvalue weighted by Gasteiger charge is 2.20. The Labute approximate surface area is 128 Å². The zero-order valence-corrected chi connectivity index (χ0v) is 13.0. The van der Waals surface area contributed by atoms with E-state index < -0.39 is 11.6 Å². The SMILES string of the molecule is Cc1cc(C(NC(C)C)c2ccc(Cl)cc2)c(F)cc1F. The number of halogens is 3. The van der Waals surface area contributed by atoms with Crippen molar-refractivity contribution in [3.05, 3.63) is 69.7 Å². The average Bonchev–Trinajstić information content (AvgIpc) is 2.41. The minimum absolute atomic E-state index is 0.149. The van der Waals surface area contributed by atoms with Crippen LogP contribution >= 0.6 is 11.6 Å². The van der Waals surface area contributed by atoms with Crippen molar-refractivity contribution in [2.75, 3.05) is 0 Å². The summed E-state index contributed by atoms with van der Waals surface area (Å²) < 4.78 is 27.7. The Morgan fingerprint density at radius 2 is 1.62 bits per heavy atom. The lowest BCUT2D eigenvalue weighted by Crippen LogP contribution is -2.29. The van der Waals surface area contributed by atoms with E-state index in [-0.39, 0.29) is 12.1 Å². The molecule has 0 aliphatic rings. The second-order valence-corrected chi connectivity index (χ2v) is 5.87. The zero-order valence-electron chi connectivity index (χ0n) is 12.3. The van der Waals surface area contributed by atoms with Gasteiger partial charge in [0.2, 0.25) is 0 Å². The van der Waals surface area contributed by atoms with Gasteiger partial charge in [0, 0.05) is 22.7 Å². The fourth-order valence-electron chi connectivity index (χ4n) is 2.25. The number of aryl methyl sites for hydroxylation is 1. The van der Waals surface area contributed by atoms with Gasteiger partial charge in [-0.15, -0.1) is 0 Å². The fraction of sp³-hybridized carbons (Fsp3) is 0.294. The molecule has 0 saturated carbocycles. The molecule has 1 N–H and O–H groups in total. The van der Waals surface area contributed by atoms with Crippen molar-refractivity contribution in [2.24, 2.45) is 0 Å². The molecule has 0 heterocycles. The second kappa shape index (κ2) is 6.54. The summed E-state index contributed by atoms with van der Waals surface area (Å²) in [4.78, 5) is 0. The number of hydrogen-bond acceptors (Lipinski definition) is 1. The summed E-state index contributed by atoms with van der Waals surface area (Å²) in [5.41, 5.74) is 1.75. The molecule has 0 saturated heterocycles. The van der Waals surface area contributed by atoms with Crippen LogP contribution in [0.3, 0.4) is 0 Å². The smallest absolute Gasteiger partial charge is 0.131 e. The molecule has 0 aliphatic heterocycles. The van der Waals surface area contributed by atoms with Crippen molar-refractivity contribution in [1.29, 1.82) is 0 Å². The van der Waals surface area contributed by atoms with Gasteiger partial charge in [0.1, 0.15) is 11.6 Å². The minimum Gasteiger partial charge on any atom is -0.304 e. The first-order valence-corrected chi connectivity index (χ1v) is 7.23. The maximum absolute atomic E-state index is 14.2. The number of hydrogen-bond donors (Lipinski definition) is 1. The van der Waals surface area contributed by atoms with E-state index >= 15 is 0 Å². The normalized spacial score (nSPS) is 12.7. The lowest BCUT2D eigenvalue weighted by molar-refractivity contribution is 0.496. The largest absolute Gasteiger partial charge is 0.304 e. The van der Waals surface area contributed by atoms with Crippen LogP contribution in [0.4, 0.5) is 8.78 Å². The summed E-state index contributed by atoms with van der Waals surface area (Å²) in [6.45, 7) is 5.60. The van der Waals surface area contributed by atoms with Gasteiger partial charge >= 0.3 is 0 Å². The molecular formula is C17H18ClF2N. The van der Waals surface area contributed by atoms with Crippen LogP contribution in [0.2, 0.25) is 5.02 Å². The summed E-state index contributed by atoms with van der Waals surface area (Å²) in [7, 11) is 0. The summed E-state index contributed by atoms with van der Waals surface area (Å²) >= 11 is 5.90. The van der Waals surface area contributed by atoms with Crippen molar-refractivity contribution in [1.82, 2.24) is 5.32 Å². The van der Waals surface area contributed by atoms with E-state index in [9.17, 15) is 8.78 Å². The fourth-order valence-corrected chi connectivity index (χ4v) is 2.38. The number of rotatable bonds is 4. The molecule has 2 rings (SSSR count). The topological polar surface area (TPSA) is 12.0 Å². The minimum atomic E-state index is -0.550. The van der Waals surface area contributed by atoms with E-state index in [0.29, 0.717) is 16.1 Å². The molecule has 0 radical (unpaired) electrons. The molecule has 0 fully saturated rings. The molecule has 112 valence electrons. The summed E-state index contributed by atoms with van der Waals surface area (Å²) in [5.74, 6) is -1.08. The molecule has 0 aliphatic carbocycles. The van der Waals surface area contributed by atoms with Crippen LogP contribution < -0.4 is 5.32 Å². The number of benzene rings is 2. The third-order valence-corrected chi connectivity index (χ3v) is 3.54. The molecule has 0 bridgehead atoms. The van der Waals surface area contributed by atoms with Gasteiger partial charge in [-0.2, -0.15) is 0 Å². The van der Waals surface area contributed by atoms with Crippen LogP contribution in [0.5, 0.6) is 0 Å². The van der Waals surface area contributed by atoms with E-state index in [1.165, 1.54) is 0 Å². The lowest BCUT2D eigenvalue weighted by Gasteiger charge is -2.23. The molecule has 2 aromatic rings. The van der Waals surface area contributed by atoms with Crippen LogP contribution in [0.15, 0.2) is 36.4 Å². The highest BCUT2D eigenvalue weighted by Crippen LogP contribution is 2.28. The van der Waals surface area contributed by atoms with E-state index in [1.54, 1.807) is 25.1 Å². The number of nitrogens with one attached hydrogen (secondary N) is 1. The van der Waals surface area contributed by atoms with Crippen LogP contribution in [-0.2, 0) is 0 Å². The molecule has 0 amide bonds. The van der Waals surface area contributed by atoms with Gasteiger partial charge in [-0.3, -0.25) is 0 Å². The van der Waals surface area contributed by atoms with E-state index in [4.69, 9.17) is 11.6 Å². The molecule has 21 heavy (non-hydrogen) atoms. The lowest BCUT2D eigenvalue weighted by atomic mass is 9.96. The van der Waals surface area contributed by atoms with Gasteiger partial charge in [0.25, 0.3) is 0 Å². The first kappa shape index (κ1) is 15.9. The summed E-state index contributed by atoms with van der Waals surface area (Å²) in [6, 6.07) is 9.52. The summed E-state index contributed by atoms with van der Waals surface area (Å²) in [6.07, 6.45) is 0. The molecule has 1 nitrogen and oxygen atoms in total. The highest BCUT2D eigenvalue weighted by atomic mass is 35.5. The first-order valence-electron chi connectivity index (χ1n) is 6.85. The van der Waals surface area contributed by atoms with E-state index in [0.717, 1.165) is 11.6 Å². The van der Waals surface area contributed by atoms with Gasteiger partial charge in [0.05, 0.1) is 6.04 Å². The Morgan fingerprint density at radius 1 is 1.00 bits per heavy atom. The van der Waals surface area contributed by atoms with E-state index in [1.807, 2.05) is 26.0 Å².